The molecule has 7 heteroatoms. The lowest BCUT2D eigenvalue weighted by Crippen LogP contribution is -2.26. The van der Waals surface area contributed by atoms with Gasteiger partial charge in [-0.05, 0) is 31.5 Å². The summed E-state index contributed by atoms with van der Waals surface area (Å²) in [7, 11) is 0. The molecular weight excluding hydrogens is 293 g/mol. The third-order valence-electron chi connectivity index (χ3n) is 2.16. The maximum absolute atomic E-state index is 11.9. The van der Waals surface area contributed by atoms with Gasteiger partial charge in [-0.1, -0.05) is 23.2 Å². The standard InChI is InChI=1S/C12H13Cl2NO4/c1-3-18-11(16)10(12(17)19-4-2)7-5-8(13)15-9(14)6-7/h5-6,10H,3-4H2,1-2H3. The third kappa shape index (κ3) is 4.36. The maximum Gasteiger partial charge on any atom is 0.324 e. The van der Waals surface area contributed by atoms with Crippen molar-refractivity contribution in [2.45, 2.75) is 19.8 Å². The zero-order valence-electron chi connectivity index (χ0n) is 10.5. The molecule has 0 aliphatic rings. The van der Waals surface area contributed by atoms with Gasteiger partial charge in [0, 0.05) is 0 Å². The Labute approximate surface area is 120 Å². The number of carbonyl (C=O) groups is 2. The summed E-state index contributed by atoms with van der Waals surface area (Å²) in [6.07, 6.45) is 0. The zero-order valence-corrected chi connectivity index (χ0v) is 12.0. The van der Waals surface area contributed by atoms with Gasteiger partial charge in [0.2, 0.25) is 0 Å². The smallest absolute Gasteiger partial charge is 0.324 e. The monoisotopic (exact) mass is 305 g/mol. The van der Waals surface area contributed by atoms with Crippen molar-refractivity contribution >= 4 is 35.1 Å². The van der Waals surface area contributed by atoms with E-state index in [0.29, 0.717) is 5.56 Å². The molecule has 0 spiro atoms. The molecule has 0 unspecified atom stereocenters. The van der Waals surface area contributed by atoms with E-state index in [-0.39, 0.29) is 23.5 Å². The number of aromatic nitrogens is 1. The average Bonchev–Trinajstić information content (AvgIpc) is 2.28. The first-order chi connectivity index (χ1) is 8.99. The van der Waals surface area contributed by atoms with Crippen molar-refractivity contribution in [1.29, 1.82) is 0 Å². The van der Waals surface area contributed by atoms with E-state index >= 15 is 0 Å². The van der Waals surface area contributed by atoms with Crippen LogP contribution in [-0.4, -0.2) is 30.1 Å². The quantitative estimate of drug-likeness (QED) is 0.475. The molecule has 1 rings (SSSR count). The van der Waals surface area contributed by atoms with Crippen molar-refractivity contribution in [3.05, 3.63) is 28.0 Å². The van der Waals surface area contributed by atoms with Crippen LogP contribution in [0.25, 0.3) is 0 Å². The Balaban J connectivity index is 3.14. The van der Waals surface area contributed by atoms with Crippen LogP contribution in [-0.2, 0) is 19.1 Å². The lowest BCUT2D eigenvalue weighted by Gasteiger charge is -2.14. The molecule has 0 radical (unpaired) electrons. The first kappa shape index (κ1) is 15.7. The maximum atomic E-state index is 11.9. The molecular formula is C12H13Cl2NO4. The summed E-state index contributed by atoms with van der Waals surface area (Å²) < 4.78 is 9.72. The van der Waals surface area contributed by atoms with Crippen LogP contribution in [0.5, 0.6) is 0 Å². The normalized spacial score (nSPS) is 10.4. The van der Waals surface area contributed by atoms with Crippen molar-refractivity contribution in [3.63, 3.8) is 0 Å². The van der Waals surface area contributed by atoms with E-state index in [2.05, 4.69) is 4.98 Å². The van der Waals surface area contributed by atoms with Gasteiger partial charge in [0.1, 0.15) is 10.3 Å². The predicted octanol–water partition coefficient (Wildman–Crippen LogP) is 2.60. The number of halogens is 2. The minimum atomic E-state index is -1.21. The van der Waals surface area contributed by atoms with E-state index in [0.717, 1.165) is 0 Å². The number of pyridine rings is 1. The van der Waals surface area contributed by atoms with Crippen LogP contribution >= 0.6 is 23.2 Å². The molecule has 104 valence electrons. The van der Waals surface area contributed by atoms with Gasteiger partial charge in [-0.2, -0.15) is 0 Å². The Hall–Kier alpha value is -1.33. The summed E-state index contributed by atoms with van der Waals surface area (Å²) in [5.74, 6) is -2.63. The van der Waals surface area contributed by atoms with Gasteiger partial charge >= 0.3 is 11.9 Å². The van der Waals surface area contributed by atoms with Gasteiger partial charge in [-0.25, -0.2) is 4.98 Å². The summed E-state index contributed by atoms with van der Waals surface area (Å²) >= 11 is 11.5. The van der Waals surface area contributed by atoms with E-state index in [1.54, 1.807) is 13.8 Å². The van der Waals surface area contributed by atoms with Crippen LogP contribution in [0.2, 0.25) is 10.3 Å². The molecule has 19 heavy (non-hydrogen) atoms. The molecule has 0 fully saturated rings. The van der Waals surface area contributed by atoms with Crippen molar-refractivity contribution < 1.29 is 19.1 Å². The lowest BCUT2D eigenvalue weighted by atomic mass is 10.0. The van der Waals surface area contributed by atoms with Gasteiger partial charge in [0.15, 0.2) is 5.92 Å². The minimum Gasteiger partial charge on any atom is -0.465 e. The highest BCUT2D eigenvalue weighted by molar-refractivity contribution is 6.32. The molecule has 0 N–H and O–H groups in total. The molecule has 0 saturated carbocycles. The number of esters is 2. The van der Waals surface area contributed by atoms with Gasteiger partial charge in [0.05, 0.1) is 13.2 Å². The van der Waals surface area contributed by atoms with E-state index in [4.69, 9.17) is 32.7 Å². The van der Waals surface area contributed by atoms with Crippen LogP contribution in [0, 0.1) is 0 Å². The van der Waals surface area contributed by atoms with E-state index < -0.39 is 17.9 Å². The molecule has 5 nitrogen and oxygen atoms in total. The number of hydrogen-bond donors (Lipinski definition) is 0. The first-order valence-corrected chi connectivity index (χ1v) is 6.41. The second kappa shape index (κ2) is 7.31. The Morgan fingerprint density at radius 2 is 1.53 bits per heavy atom. The molecule has 0 aliphatic carbocycles. The SMILES string of the molecule is CCOC(=O)C(C(=O)OCC)c1cc(Cl)nc(Cl)c1. The second-order valence-corrected chi connectivity index (χ2v) is 4.26. The number of ether oxygens (including phenoxy) is 2. The van der Waals surface area contributed by atoms with E-state index in [9.17, 15) is 9.59 Å². The molecule has 1 aromatic heterocycles. The van der Waals surface area contributed by atoms with Crippen molar-refractivity contribution in [1.82, 2.24) is 4.98 Å². The summed E-state index contributed by atoms with van der Waals surface area (Å²) in [6.45, 7) is 3.60. The van der Waals surface area contributed by atoms with Gasteiger partial charge < -0.3 is 9.47 Å². The summed E-state index contributed by atoms with van der Waals surface area (Å²) in [4.78, 5) is 27.5. The number of rotatable bonds is 5. The highest BCUT2D eigenvalue weighted by Gasteiger charge is 2.32. The molecule has 0 bridgehead atoms. The average molecular weight is 306 g/mol. The Bertz CT molecular complexity index is 441. The summed E-state index contributed by atoms with van der Waals surface area (Å²) in [5, 5.41) is 0.169. The second-order valence-electron chi connectivity index (χ2n) is 3.48. The van der Waals surface area contributed by atoms with Crippen LogP contribution < -0.4 is 0 Å². The molecule has 0 saturated heterocycles. The van der Waals surface area contributed by atoms with Gasteiger partial charge in [-0.3, -0.25) is 9.59 Å². The highest BCUT2D eigenvalue weighted by Crippen LogP contribution is 2.24. The number of nitrogens with zero attached hydrogens (tertiary/aromatic N) is 1. The lowest BCUT2D eigenvalue weighted by molar-refractivity contribution is -0.156. The molecule has 0 atom stereocenters. The summed E-state index contributed by atoms with van der Waals surface area (Å²) in [5.41, 5.74) is 0.293. The minimum absolute atomic E-state index is 0.0843. The number of carbonyl (C=O) groups excluding carboxylic acids is 2. The fourth-order valence-corrected chi connectivity index (χ4v) is 1.95. The topological polar surface area (TPSA) is 65.5 Å². The fraction of sp³-hybridized carbons (Fsp3) is 0.417. The Morgan fingerprint density at radius 1 is 1.11 bits per heavy atom. The summed E-state index contributed by atoms with van der Waals surface area (Å²) in [6, 6.07) is 2.76. The molecule has 1 heterocycles. The van der Waals surface area contributed by atoms with Gasteiger partial charge in [-0.15, -0.1) is 0 Å². The Morgan fingerprint density at radius 3 is 1.89 bits per heavy atom. The van der Waals surface area contributed by atoms with Crippen LogP contribution in [0.3, 0.4) is 0 Å². The van der Waals surface area contributed by atoms with Crippen LogP contribution in [0.1, 0.15) is 25.3 Å². The van der Waals surface area contributed by atoms with Crippen molar-refractivity contribution in [2.75, 3.05) is 13.2 Å². The highest BCUT2D eigenvalue weighted by atomic mass is 35.5. The first-order valence-electron chi connectivity index (χ1n) is 5.65. The van der Waals surface area contributed by atoms with Crippen LogP contribution in [0.15, 0.2) is 12.1 Å². The van der Waals surface area contributed by atoms with Crippen LogP contribution in [0.4, 0.5) is 0 Å². The third-order valence-corrected chi connectivity index (χ3v) is 2.55. The zero-order chi connectivity index (χ0) is 14.4. The van der Waals surface area contributed by atoms with E-state index in [1.165, 1.54) is 12.1 Å². The molecule has 0 amide bonds. The molecule has 1 aromatic rings. The van der Waals surface area contributed by atoms with E-state index in [1.807, 2.05) is 0 Å². The van der Waals surface area contributed by atoms with Crippen molar-refractivity contribution in [3.8, 4) is 0 Å². The fourth-order valence-electron chi connectivity index (χ4n) is 1.47. The predicted molar refractivity (Wildman–Crippen MR) is 70.3 cm³/mol. The Kier molecular flexibility index (Phi) is 6.05. The van der Waals surface area contributed by atoms with Crippen molar-refractivity contribution in [2.24, 2.45) is 0 Å². The number of hydrogen-bond acceptors (Lipinski definition) is 5. The van der Waals surface area contributed by atoms with Gasteiger partial charge in [0.25, 0.3) is 0 Å². The molecule has 0 aromatic carbocycles. The molecule has 0 aliphatic heterocycles. The largest absolute Gasteiger partial charge is 0.465 e.